The van der Waals surface area contributed by atoms with E-state index in [0.29, 0.717) is 11.4 Å². The number of carbonyl (C=O) groups is 3. The molecule has 0 bridgehead atoms. The Morgan fingerprint density at radius 2 is 1.31 bits per heavy atom. The number of ether oxygens (including phenoxy) is 4. The van der Waals surface area contributed by atoms with Crippen LogP contribution in [-0.4, -0.2) is 57.6 Å². The Kier molecular flexibility index (Phi) is 8.82. The molecule has 1 saturated heterocycles. The van der Waals surface area contributed by atoms with Crippen LogP contribution >= 0.6 is 11.6 Å². The summed E-state index contributed by atoms with van der Waals surface area (Å²) in [6.45, 7) is 15.1. The van der Waals surface area contributed by atoms with E-state index in [1.54, 1.807) is 62.3 Å². The second-order valence-corrected chi connectivity index (χ2v) is 13.0. The summed E-state index contributed by atoms with van der Waals surface area (Å²) in [6, 6.07) is 9.16. The van der Waals surface area contributed by atoms with E-state index < -0.39 is 58.7 Å². The number of halogens is 1. The average molecular weight is 564 g/mol. The van der Waals surface area contributed by atoms with Crippen LogP contribution in [0.1, 0.15) is 68.5 Å². The van der Waals surface area contributed by atoms with Gasteiger partial charge in [0.05, 0.1) is 22.9 Å². The van der Waals surface area contributed by atoms with E-state index in [0.717, 1.165) is 0 Å². The van der Waals surface area contributed by atoms with Gasteiger partial charge in [-0.2, -0.15) is 4.98 Å². The molecule has 3 rings (SSSR count). The molecule has 1 fully saturated rings. The maximum atomic E-state index is 13.2. The Labute approximate surface area is 234 Å². The van der Waals surface area contributed by atoms with Gasteiger partial charge in [-0.05, 0) is 73.9 Å². The highest BCUT2D eigenvalue weighted by Gasteiger charge is 2.51. The van der Waals surface area contributed by atoms with Gasteiger partial charge in [0, 0.05) is 5.56 Å². The van der Waals surface area contributed by atoms with Crippen LogP contribution in [0, 0.1) is 16.2 Å². The lowest BCUT2D eigenvalue weighted by atomic mass is 9.94. The average Bonchev–Trinajstić information content (AvgIpc) is 3.20. The standard InChI is InChI=1S/C28H38ClN3O7/c1-26(2,3)22(33)37-17-15-36-21(32-20(30-25(29)31-32)16-13-11-10-12-14-16)19(39-24(35)28(7,8)9)18(17)38-23(34)27(4,5)6/h10-14,17-19,21H,15H2,1-9H3/t17-,18+,19-,21-/m1/s1. The molecule has 1 aliphatic rings. The molecule has 10 nitrogen and oxygen atoms in total. The SMILES string of the molecule is CC(C)(C)C(=O)O[C@@H]1[C@@H](OC(=O)C(C)(C)C)[C@H](OC(=O)C(C)(C)C)CO[C@H]1n1nc(Cl)nc1-c1ccccc1. The highest BCUT2D eigenvalue weighted by atomic mass is 35.5. The molecule has 39 heavy (non-hydrogen) atoms. The van der Waals surface area contributed by atoms with E-state index >= 15 is 0 Å². The minimum absolute atomic E-state index is 0.0529. The van der Waals surface area contributed by atoms with Gasteiger partial charge in [0.25, 0.3) is 0 Å². The topological polar surface area (TPSA) is 119 Å². The molecule has 2 aromatic rings. The van der Waals surface area contributed by atoms with Crippen molar-refractivity contribution in [3.63, 3.8) is 0 Å². The lowest BCUT2D eigenvalue weighted by molar-refractivity contribution is -0.249. The number of rotatable bonds is 5. The van der Waals surface area contributed by atoms with Crippen LogP contribution in [0.4, 0.5) is 0 Å². The number of carbonyl (C=O) groups excluding carboxylic acids is 3. The van der Waals surface area contributed by atoms with Gasteiger partial charge in [-0.15, -0.1) is 5.10 Å². The second kappa shape index (κ2) is 11.3. The van der Waals surface area contributed by atoms with Crippen molar-refractivity contribution in [2.75, 3.05) is 6.61 Å². The highest BCUT2D eigenvalue weighted by molar-refractivity contribution is 6.28. The van der Waals surface area contributed by atoms with E-state index in [4.69, 9.17) is 30.5 Å². The van der Waals surface area contributed by atoms with Gasteiger partial charge >= 0.3 is 17.9 Å². The van der Waals surface area contributed by atoms with E-state index in [1.165, 1.54) is 4.68 Å². The predicted octanol–water partition coefficient (Wildman–Crippen LogP) is 5.00. The number of nitrogens with zero attached hydrogens (tertiary/aromatic N) is 3. The van der Waals surface area contributed by atoms with Crippen LogP contribution in [0.2, 0.25) is 5.28 Å². The first kappa shape index (κ1) is 30.6. The van der Waals surface area contributed by atoms with Crippen molar-refractivity contribution in [1.29, 1.82) is 0 Å². The van der Waals surface area contributed by atoms with E-state index in [9.17, 15) is 14.4 Å². The highest BCUT2D eigenvalue weighted by Crippen LogP contribution is 2.36. The third-order valence-corrected chi connectivity index (χ3v) is 6.02. The van der Waals surface area contributed by atoms with Crippen molar-refractivity contribution in [3.8, 4) is 11.4 Å². The number of aromatic nitrogens is 3. The lowest BCUT2D eigenvalue weighted by Gasteiger charge is -2.42. The molecule has 4 atom stereocenters. The summed E-state index contributed by atoms with van der Waals surface area (Å²) in [6.07, 6.45) is -4.63. The third-order valence-electron chi connectivity index (χ3n) is 5.86. The monoisotopic (exact) mass is 563 g/mol. The fourth-order valence-electron chi connectivity index (χ4n) is 3.51. The smallest absolute Gasteiger partial charge is 0.311 e. The first-order valence-electron chi connectivity index (χ1n) is 12.8. The molecule has 214 valence electrons. The largest absolute Gasteiger partial charge is 0.455 e. The summed E-state index contributed by atoms with van der Waals surface area (Å²) in [5.41, 5.74) is -1.95. The Hall–Kier alpha value is -2.98. The maximum absolute atomic E-state index is 13.2. The van der Waals surface area contributed by atoms with Crippen LogP contribution in [0.15, 0.2) is 30.3 Å². The first-order valence-corrected chi connectivity index (χ1v) is 13.2. The molecular formula is C28H38ClN3O7. The first-order chi connectivity index (χ1) is 17.9. The summed E-state index contributed by atoms with van der Waals surface area (Å²) in [5.74, 6) is -1.32. The van der Waals surface area contributed by atoms with E-state index in [1.807, 2.05) is 30.3 Å². The van der Waals surface area contributed by atoms with Gasteiger partial charge in [-0.3, -0.25) is 14.4 Å². The van der Waals surface area contributed by atoms with Gasteiger partial charge in [0.1, 0.15) is 0 Å². The fraction of sp³-hybridized carbons (Fsp3) is 0.607. The Bertz CT molecular complexity index is 1190. The summed E-state index contributed by atoms with van der Waals surface area (Å²) in [4.78, 5) is 43.5. The van der Waals surface area contributed by atoms with Crippen LogP contribution < -0.4 is 0 Å². The molecule has 0 amide bonds. The van der Waals surface area contributed by atoms with Crippen molar-refractivity contribution in [2.24, 2.45) is 16.2 Å². The fourth-order valence-corrected chi connectivity index (χ4v) is 3.67. The van der Waals surface area contributed by atoms with Crippen LogP contribution in [-0.2, 0) is 33.3 Å². The predicted molar refractivity (Wildman–Crippen MR) is 143 cm³/mol. The molecule has 11 heteroatoms. The van der Waals surface area contributed by atoms with Crippen LogP contribution in [0.25, 0.3) is 11.4 Å². The normalized spacial score (nSPS) is 22.2. The molecule has 0 saturated carbocycles. The molecule has 1 aliphatic heterocycles. The van der Waals surface area contributed by atoms with E-state index in [-0.39, 0.29) is 11.9 Å². The van der Waals surface area contributed by atoms with Gasteiger partial charge in [0.15, 0.2) is 30.4 Å². The number of hydrogen-bond donors (Lipinski definition) is 0. The second-order valence-electron chi connectivity index (χ2n) is 12.7. The zero-order valence-electron chi connectivity index (χ0n) is 24.0. The van der Waals surface area contributed by atoms with Gasteiger partial charge in [-0.25, -0.2) is 4.68 Å². The molecule has 1 aromatic heterocycles. The third kappa shape index (κ3) is 7.36. The minimum atomic E-state index is -1.25. The summed E-state index contributed by atoms with van der Waals surface area (Å²) < 4.78 is 25.3. The number of hydrogen-bond acceptors (Lipinski definition) is 9. The Morgan fingerprint density at radius 1 is 0.821 bits per heavy atom. The zero-order chi connectivity index (χ0) is 29.3. The van der Waals surface area contributed by atoms with Crippen molar-refractivity contribution in [3.05, 3.63) is 35.6 Å². The molecule has 0 unspecified atom stereocenters. The van der Waals surface area contributed by atoms with Crippen molar-refractivity contribution >= 4 is 29.5 Å². The van der Waals surface area contributed by atoms with Crippen molar-refractivity contribution in [2.45, 2.75) is 86.9 Å². The zero-order valence-corrected chi connectivity index (χ0v) is 24.7. The molecule has 1 aromatic carbocycles. The Morgan fingerprint density at radius 3 is 1.82 bits per heavy atom. The summed E-state index contributed by atoms with van der Waals surface area (Å²) in [7, 11) is 0. The number of benzene rings is 1. The lowest BCUT2D eigenvalue weighted by Crippen LogP contribution is -2.57. The quantitative estimate of drug-likeness (QED) is 0.365. The molecule has 2 heterocycles. The van der Waals surface area contributed by atoms with Crippen molar-refractivity contribution in [1.82, 2.24) is 14.8 Å². The van der Waals surface area contributed by atoms with Gasteiger partial charge in [-0.1, -0.05) is 30.3 Å². The molecule has 0 N–H and O–H groups in total. The van der Waals surface area contributed by atoms with Crippen LogP contribution in [0.3, 0.4) is 0 Å². The van der Waals surface area contributed by atoms with Gasteiger partial charge in [0.2, 0.25) is 5.28 Å². The minimum Gasteiger partial charge on any atom is -0.455 e. The summed E-state index contributed by atoms with van der Waals surface area (Å²) in [5, 5.41) is 4.27. The number of esters is 3. The van der Waals surface area contributed by atoms with Crippen LogP contribution in [0.5, 0.6) is 0 Å². The molecule has 0 spiro atoms. The summed E-state index contributed by atoms with van der Waals surface area (Å²) >= 11 is 6.23. The molecule has 0 radical (unpaired) electrons. The Balaban J connectivity index is 2.13. The van der Waals surface area contributed by atoms with Crippen molar-refractivity contribution < 1.29 is 33.3 Å². The molecule has 0 aliphatic carbocycles. The van der Waals surface area contributed by atoms with E-state index in [2.05, 4.69) is 10.1 Å². The van der Waals surface area contributed by atoms with Gasteiger partial charge < -0.3 is 18.9 Å². The molecular weight excluding hydrogens is 526 g/mol. The maximum Gasteiger partial charge on any atom is 0.311 e.